The smallest absolute Gasteiger partial charge is 0.339 e. The Kier molecular flexibility index (Phi) is 4.31. The molecule has 0 radical (unpaired) electrons. The highest BCUT2D eigenvalue weighted by Crippen LogP contribution is 2.89. The molecule has 6 aliphatic carbocycles. The van der Waals surface area contributed by atoms with Gasteiger partial charge in [-0.2, -0.15) is 0 Å². The van der Waals surface area contributed by atoms with Crippen molar-refractivity contribution in [1.29, 1.82) is 0 Å². The molecular formula is C34H35NO5. The molecule has 3 heterocycles. The van der Waals surface area contributed by atoms with E-state index in [0.717, 1.165) is 37.8 Å². The third-order valence-electron chi connectivity index (χ3n) is 12.8. The van der Waals surface area contributed by atoms with Gasteiger partial charge >= 0.3 is 11.9 Å². The third kappa shape index (κ3) is 2.36. The average Bonchev–Trinajstić information content (AvgIpc) is 3.34. The van der Waals surface area contributed by atoms with E-state index >= 15 is 0 Å². The van der Waals surface area contributed by atoms with Gasteiger partial charge in [-0.25, -0.2) is 9.59 Å². The van der Waals surface area contributed by atoms with Crippen LogP contribution in [-0.4, -0.2) is 52.5 Å². The van der Waals surface area contributed by atoms with E-state index in [1.807, 2.05) is 60.7 Å². The first-order valence-corrected chi connectivity index (χ1v) is 15.0. The second-order valence-electron chi connectivity index (χ2n) is 14.2. The minimum atomic E-state index is -0.751. The lowest BCUT2D eigenvalue weighted by atomic mass is 9.38. The Labute approximate surface area is 234 Å². The molecule has 12 atom stereocenters. The maximum absolute atomic E-state index is 13.7. The lowest BCUT2D eigenvalue weighted by Gasteiger charge is -2.68. The molecule has 11 rings (SSSR count). The molecule has 9 bridgehead atoms. The van der Waals surface area contributed by atoms with Crippen molar-refractivity contribution in [2.75, 3.05) is 6.54 Å². The van der Waals surface area contributed by atoms with Crippen molar-refractivity contribution in [2.45, 2.75) is 63.0 Å². The standard InChI is InChI=1S/C34H35NO5/c1-19-22-16-23-26-32-15-9-14-31(2)18-35(26)34(30(31)32,40-29(38)21-12-7-4-8-13-21)17-33(23,27(19)36)25(32)24(22)39-28(37)20-10-5-3-6-11-20/h3-8,10-13,22-27,30,36H,1,9,14-18H2,2H3/t22-,23-,24+,25+,26-,27-,30-,31+,32+,33+,34-/m1/s1. The summed E-state index contributed by atoms with van der Waals surface area (Å²) in [5, 5.41) is 12.1. The number of nitrogens with zero attached hydrogens (tertiary/aromatic N) is 1. The van der Waals surface area contributed by atoms with E-state index < -0.39 is 17.2 Å². The predicted molar refractivity (Wildman–Crippen MR) is 146 cm³/mol. The summed E-state index contributed by atoms with van der Waals surface area (Å²) in [5.74, 6) is -0.166. The highest BCUT2D eigenvalue weighted by atomic mass is 16.6. The number of piperidine rings is 2. The molecule has 2 aromatic carbocycles. The summed E-state index contributed by atoms with van der Waals surface area (Å²) >= 11 is 0. The number of carbonyl (C=O) groups excluding carboxylic acids is 2. The first-order valence-electron chi connectivity index (χ1n) is 15.0. The molecule has 206 valence electrons. The van der Waals surface area contributed by atoms with Gasteiger partial charge in [0.15, 0.2) is 5.72 Å². The zero-order valence-corrected chi connectivity index (χ0v) is 22.8. The molecular weight excluding hydrogens is 502 g/mol. The number of aliphatic hydroxyl groups excluding tert-OH is 1. The zero-order chi connectivity index (χ0) is 27.2. The van der Waals surface area contributed by atoms with E-state index in [9.17, 15) is 14.7 Å². The molecule has 0 aromatic heterocycles. The molecule has 1 N–H and O–H groups in total. The Bertz CT molecular complexity index is 1480. The highest BCUT2D eigenvalue weighted by molar-refractivity contribution is 5.90. The summed E-state index contributed by atoms with van der Waals surface area (Å²) in [7, 11) is 0. The Hall–Kier alpha value is -2.96. The number of fused-ring (bicyclic) bond motifs is 1. The van der Waals surface area contributed by atoms with Crippen molar-refractivity contribution in [1.82, 2.24) is 4.90 Å². The average molecular weight is 538 g/mol. The van der Waals surface area contributed by atoms with Crippen molar-refractivity contribution in [2.24, 2.45) is 39.9 Å². The summed E-state index contributed by atoms with van der Waals surface area (Å²) in [4.78, 5) is 29.8. The second-order valence-corrected chi connectivity index (χ2v) is 14.2. The number of ether oxygens (including phenoxy) is 2. The predicted octanol–water partition coefficient (Wildman–Crippen LogP) is 4.84. The molecule has 2 aromatic rings. The van der Waals surface area contributed by atoms with E-state index in [4.69, 9.17) is 9.47 Å². The largest absolute Gasteiger partial charge is 0.458 e. The summed E-state index contributed by atoms with van der Waals surface area (Å²) in [6, 6.07) is 18.8. The molecule has 0 amide bonds. The first kappa shape index (κ1) is 23.7. The summed E-state index contributed by atoms with van der Waals surface area (Å²) in [5.41, 5.74) is 0.505. The van der Waals surface area contributed by atoms with E-state index in [0.29, 0.717) is 17.5 Å². The number of hydrogen-bond donors (Lipinski definition) is 1. The van der Waals surface area contributed by atoms with Crippen LogP contribution in [0, 0.1) is 39.9 Å². The number of carbonyl (C=O) groups is 2. The Morgan fingerprint density at radius 3 is 2.35 bits per heavy atom. The molecule has 2 spiro atoms. The van der Waals surface area contributed by atoms with Gasteiger partial charge in [0, 0.05) is 47.6 Å². The second kappa shape index (κ2) is 7.27. The van der Waals surface area contributed by atoms with E-state index in [-0.39, 0.29) is 58.6 Å². The van der Waals surface area contributed by atoms with Gasteiger partial charge in [0.2, 0.25) is 0 Å². The van der Waals surface area contributed by atoms with Gasteiger partial charge in [-0.3, -0.25) is 4.90 Å². The molecule has 6 heteroatoms. The fraction of sp³-hybridized carbons (Fsp3) is 0.529. The van der Waals surface area contributed by atoms with Gasteiger partial charge in [0.05, 0.1) is 17.2 Å². The quantitative estimate of drug-likeness (QED) is 0.444. The Balaban J connectivity index is 1.20. The van der Waals surface area contributed by atoms with Crippen molar-refractivity contribution in [3.8, 4) is 0 Å². The zero-order valence-electron chi connectivity index (χ0n) is 22.8. The van der Waals surface area contributed by atoms with Crippen LogP contribution in [0.4, 0.5) is 0 Å². The maximum atomic E-state index is 13.7. The maximum Gasteiger partial charge on any atom is 0.339 e. The molecule has 40 heavy (non-hydrogen) atoms. The van der Waals surface area contributed by atoms with Crippen LogP contribution in [-0.2, 0) is 9.47 Å². The summed E-state index contributed by atoms with van der Waals surface area (Å²) in [6.07, 6.45) is 3.68. The van der Waals surface area contributed by atoms with Crippen LogP contribution in [0.3, 0.4) is 0 Å². The monoisotopic (exact) mass is 537 g/mol. The molecule has 9 fully saturated rings. The topological polar surface area (TPSA) is 76.1 Å². The van der Waals surface area contributed by atoms with Crippen LogP contribution in [0.2, 0.25) is 0 Å². The van der Waals surface area contributed by atoms with E-state index in [1.165, 1.54) is 0 Å². The number of benzene rings is 2. The van der Waals surface area contributed by atoms with Crippen molar-refractivity contribution < 1.29 is 24.2 Å². The van der Waals surface area contributed by atoms with Gasteiger partial charge in [-0.15, -0.1) is 0 Å². The Morgan fingerprint density at radius 2 is 1.65 bits per heavy atom. The van der Waals surface area contributed by atoms with Gasteiger partial charge in [0.1, 0.15) is 6.10 Å². The fourth-order valence-corrected chi connectivity index (χ4v) is 12.4. The van der Waals surface area contributed by atoms with Gasteiger partial charge < -0.3 is 14.6 Å². The number of rotatable bonds is 4. The first-order chi connectivity index (χ1) is 19.3. The molecule has 6 saturated carbocycles. The molecule has 6 nitrogen and oxygen atoms in total. The molecule has 1 unspecified atom stereocenters. The minimum Gasteiger partial charge on any atom is -0.458 e. The molecule has 3 saturated heterocycles. The van der Waals surface area contributed by atoms with Crippen molar-refractivity contribution >= 4 is 11.9 Å². The van der Waals surface area contributed by atoms with Crippen LogP contribution in [0.15, 0.2) is 72.8 Å². The molecule has 9 aliphatic rings. The van der Waals surface area contributed by atoms with Crippen LogP contribution in [0.25, 0.3) is 0 Å². The van der Waals surface area contributed by atoms with E-state index in [1.54, 1.807) is 0 Å². The third-order valence-corrected chi connectivity index (χ3v) is 12.8. The summed E-state index contributed by atoms with van der Waals surface area (Å²) < 4.78 is 13.3. The number of esters is 2. The van der Waals surface area contributed by atoms with Crippen LogP contribution >= 0.6 is 0 Å². The van der Waals surface area contributed by atoms with Crippen molar-refractivity contribution in [3.05, 3.63) is 83.9 Å². The lowest BCUT2D eigenvalue weighted by molar-refractivity contribution is -0.270. The number of aliphatic hydroxyl groups is 1. The van der Waals surface area contributed by atoms with Crippen molar-refractivity contribution in [3.63, 3.8) is 0 Å². The van der Waals surface area contributed by atoms with Crippen LogP contribution in [0.1, 0.15) is 59.7 Å². The Morgan fingerprint density at radius 1 is 0.975 bits per heavy atom. The lowest BCUT2D eigenvalue weighted by Crippen LogP contribution is -2.72. The molecule has 3 aliphatic heterocycles. The minimum absolute atomic E-state index is 0.0139. The van der Waals surface area contributed by atoms with Gasteiger partial charge in [0.25, 0.3) is 0 Å². The normalized spacial score (nSPS) is 49.8. The SMILES string of the molecule is C=C1[C@H]2C[C@@H]3[C@H]4N5C[C@]6(C)CCC[C@]47[C@H]([C@H]2OC(=O)c2ccccc2)[C@@]3(C[C@@]5(OC(=O)c2ccccc2)[C@H]67)[C@@H]1O. The highest BCUT2D eigenvalue weighted by Gasteiger charge is 2.95. The fourth-order valence-electron chi connectivity index (χ4n) is 12.4. The van der Waals surface area contributed by atoms with Gasteiger partial charge in [-0.1, -0.05) is 56.3 Å². The van der Waals surface area contributed by atoms with Gasteiger partial charge in [-0.05, 0) is 60.4 Å². The summed E-state index contributed by atoms with van der Waals surface area (Å²) in [6.45, 7) is 7.71. The van der Waals surface area contributed by atoms with E-state index in [2.05, 4.69) is 18.4 Å². The van der Waals surface area contributed by atoms with Crippen LogP contribution in [0.5, 0.6) is 0 Å². The number of hydrogen-bond acceptors (Lipinski definition) is 6. The van der Waals surface area contributed by atoms with Crippen LogP contribution < -0.4 is 0 Å².